The van der Waals surface area contributed by atoms with Crippen LogP contribution in [0, 0.1) is 13.8 Å². The minimum Gasteiger partial charge on any atom is -0.368 e. The summed E-state index contributed by atoms with van der Waals surface area (Å²) < 4.78 is 0. The first kappa shape index (κ1) is 15.6. The van der Waals surface area contributed by atoms with Gasteiger partial charge in [-0.05, 0) is 44.4 Å². The number of amides is 1. The molecule has 1 saturated heterocycles. The van der Waals surface area contributed by atoms with Crippen LogP contribution in [0.2, 0.25) is 0 Å². The molecule has 120 valence electrons. The number of aryl methyl sites for hydroxylation is 2. The van der Waals surface area contributed by atoms with E-state index in [2.05, 4.69) is 46.9 Å². The normalized spacial score (nSPS) is 21.5. The quantitative estimate of drug-likeness (QED) is 0.938. The largest absolute Gasteiger partial charge is 0.368 e. The van der Waals surface area contributed by atoms with Crippen LogP contribution in [0.5, 0.6) is 0 Å². The summed E-state index contributed by atoms with van der Waals surface area (Å²) in [6.45, 7) is 5.70. The van der Waals surface area contributed by atoms with E-state index in [0.29, 0.717) is 18.7 Å². The third-order valence-electron chi connectivity index (χ3n) is 4.76. The lowest BCUT2D eigenvalue weighted by atomic mass is 9.90. The fourth-order valence-electron chi connectivity index (χ4n) is 3.53. The number of carbonyl (C=O) groups excluding carboxylic acids is 1. The molecule has 1 aliphatic rings. The zero-order valence-corrected chi connectivity index (χ0v) is 13.6. The highest BCUT2D eigenvalue weighted by atomic mass is 16.1. The summed E-state index contributed by atoms with van der Waals surface area (Å²) >= 11 is 0. The van der Waals surface area contributed by atoms with Crippen LogP contribution >= 0.6 is 0 Å². The van der Waals surface area contributed by atoms with Gasteiger partial charge in [-0.25, -0.2) is 0 Å². The Balaban J connectivity index is 1.98. The molecule has 2 heterocycles. The minimum absolute atomic E-state index is 0.347. The average molecular weight is 310 g/mol. The van der Waals surface area contributed by atoms with Gasteiger partial charge in [-0.2, -0.15) is 0 Å². The number of carbonyl (C=O) groups is 1. The number of hydrogen-bond acceptors (Lipinski definition) is 4. The molecule has 0 bridgehead atoms. The van der Waals surface area contributed by atoms with Crippen molar-refractivity contribution in [2.45, 2.75) is 38.8 Å². The predicted molar refractivity (Wildman–Crippen MR) is 88.5 cm³/mol. The fourth-order valence-corrected chi connectivity index (χ4v) is 3.53. The van der Waals surface area contributed by atoms with Crippen molar-refractivity contribution in [1.29, 1.82) is 0 Å². The van der Waals surface area contributed by atoms with Gasteiger partial charge in [0.2, 0.25) is 5.91 Å². The van der Waals surface area contributed by atoms with Crippen LogP contribution in [0.15, 0.2) is 36.8 Å². The molecule has 1 aromatic carbocycles. The third kappa shape index (κ3) is 2.72. The molecule has 1 aliphatic heterocycles. The summed E-state index contributed by atoms with van der Waals surface area (Å²) in [6, 6.07) is 6.40. The first-order valence-electron chi connectivity index (χ1n) is 7.91. The second kappa shape index (κ2) is 6.08. The SMILES string of the molecule is Cc1ccc(CN2CCCC2(C(N)=O)c2cnccn2)c(C)c1. The van der Waals surface area contributed by atoms with Gasteiger partial charge in [-0.1, -0.05) is 23.8 Å². The Morgan fingerprint density at radius 1 is 1.35 bits per heavy atom. The van der Waals surface area contributed by atoms with Crippen LogP contribution in [0.4, 0.5) is 0 Å². The second-order valence-corrected chi connectivity index (χ2v) is 6.27. The average Bonchev–Trinajstić information content (AvgIpc) is 2.95. The Morgan fingerprint density at radius 2 is 2.17 bits per heavy atom. The number of benzene rings is 1. The van der Waals surface area contributed by atoms with E-state index in [1.165, 1.54) is 16.7 Å². The number of hydrogen-bond donors (Lipinski definition) is 1. The van der Waals surface area contributed by atoms with Gasteiger partial charge in [0.1, 0.15) is 5.54 Å². The van der Waals surface area contributed by atoms with Crippen LogP contribution in [0.3, 0.4) is 0 Å². The topological polar surface area (TPSA) is 72.1 Å². The molecule has 2 aromatic rings. The number of primary amides is 1. The highest BCUT2D eigenvalue weighted by Crippen LogP contribution is 2.38. The molecular weight excluding hydrogens is 288 g/mol. The lowest BCUT2D eigenvalue weighted by Crippen LogP contribution is -2.51. The van der Waals surface area contributed by atoms with Crippen LogP contribution in [0.1, 0.15) is 35.2 Å². The van der Waals surface area contributed by atoms with Crippen molar-refractivity contribution in [1.82, 2.24) is 14.9 Å². The van der Waals surface area contributed by atoms with Crippen molar-refractivity contribution >= 4 is 5.91 Å². The van der Waals surface area contributed by atoms with Gasteiger partial charge in [-0.15, -0.1) is 0 Å². The van der Waals surface area contributed by atoms with Crippen molar-refractivity contribution in [3.63, 3.8) is 0 Å². The highest BCUT2D eigenvalue weighted by molar-refractivity contribution is 5.86. The fraction of sp³-hybridized carbons (Fsp3) is 0.389. The van der Waals surface area contributed by atoms with Crippen molar-refractivity contribution in [3.8, 4) is 0 Å². The Morgan fingerprint density at radius 3 is 2.83 bits per heavy atom. The van der Waals surface area contributed by atoms with Crippen LogP contribution in [0.25, 0.3) is 0 Å². The summed E-state index contributed by atoms with van der Waals surface area (Å²) in [4.78, 5) is 23.0. The summed E-state index contributed by atoms with van der Waals surface area (Å²) in [5.41, 5.74) is 9.30. The number of likely N-dealkylation sites (tertiary alicyclic amines) is 1. The van der Waals surface area contributed by atoms with Gasteiger partial charge in [0.05, 0.1) is 11.9 Å². The lowest BCUT2D eigenvalue weighted by Gasteiger charge is -2.35. The summed E-state index contributed by atoms with van der Waals surface area (Å²) in [5.74, 6) is -0.347. The van der Waals surface area contributed by atoms with E-state index >= 15 is 0 Å². The number of aromatic nitrogens is 2. The van der Waals surface area contributed by atoms with E-state index in [0.717, 1.165) is 13.0 Å². The molecular formula is C18H22N4O. The lowest BCUT2D eigenvalue weighted by molar-refractivity contribution is -0.129. The number of rotatable bonds is 4. The Kier molecular flexibility index (Phi) is 4.13. The maximum Gasteiger partial charge on any atom is 0.244 e. The van der Waals surface area contributed by atoms with Gasteiger partial charge in [0.25, 0.3) is 0 Å². The highest BCUT2D eigenvalue weighted by Gasteiger charge is 2.49. The molecule has 23 heavy (non-hydrogen) atoms. The van der Waals surface area contributed by atoms with Gasteiger partial charge in [-0.3, -0.25) is 19.7 Å². The maximum atomic E-state index is 12.4. The van der Waals surface area contributed by atoms with Gasteiger partial charge in [0, 0.05) is 18.9 Å². The van der Waals surface area contributed by atoms with E-state index in [-0.39, 0.29) is 5.91 Å². The van der Waals surface area contributed by atoms with Crippen molar-refractivity contribution in [2.24, 2.45) is 5.73 Å². The van der Waals surface area contributed by atoms with E-state index < -0.39 is 5.54 Å². The van der Waals surface area contributed by atoms with Crippen molar-refractivity contribution < 1.29 is 4.79 Å². The van der Waals surface area contributed by atoms with Gasteiger partial charge >= 0.3 is 0 Å². The van der Waals surface area contributed by atoms with E-state index in [1.807, 2.05) is 0 Å². The molecule has 0 radical (unpaired) electrons. The Bertz CT molecular complexity index is 716. The van der Waals surface area contributed by atoms with E-state index in [9.17, 15) is 4.79 Å². The third-order valence-corrected chi connectivity index (χ3v) is 4.76. The van der Waals surface area contributed by atoms with Gasteiger partial charge < -0.3 is 5.73 Å². The molecule has 1 fully saturated rings. The monoisotopic (exact) mass is 310 g/mol. The van der Waals surface area contributed by atoms with Crippen molar-refractivity contribution in [2.75, 3.05) is 6.54 Å². The molecule has 3 rings (SSSR count). The first-order chi connectivity index (χ1) is 11.0. The zero-order valence-electron chi connectivity index (χ0n) is 13.6. The molecule has 0 saturated carbocycles. The Hall–Kier alpha value is -2.27. The molecule has 1 aromatic heterocycles. The summed E-state index contributed by atoms with van der Waals surface area (Å²) in [5, 5.41) is 0. The van der Waals surface area contributed by atoms with E-state index in [4.69, 9.17) is 5.73 Å². The first-order valence-corrected chi connectivity index (χ1v) is 7.91. The van der Waals surface area contributed by atoms with Crippen LogP contribution < -0.4 is 5.73 Å². The summed E-state index contributed by atoms with van der Waals surface area (Å²) in [6.07, 6.45) is 6.50. The minimum atomic E-state index is -0.856. The predicted octanol–water partition coefficient (Wildman–Crippen LogP) is 2.07. The standard InChI is InChI=1S/C18H22N4O/c1-13-4-5-15(14(2)10-13)12-22-9-3-6-18(22,17(19)23)16-11-20-7-8-21-16/h4-5,7-8,10-11H,3,6,9,12H2,1-2H3,(H2,19,23). The molecule has 2 N–H and O–H groups in total. The maximum absolute atomic E-state index is 12.4. The van der Waals surface area contributed by atoms with Crippen LogP contribution in [-0.2, 0) is 16.9 Å². The Labute approximate surface area is 136 Å². The molecule has 0 spiro atoms. The zero-order chi connectivity index (χ0) is 16.4. The van der Waals surface area contributed by atoms with Crippen molar-refractivity contribution in [3.05, 3.63) is 59.2 Å². The van der Waals surface area contributed by atoms with Crippen LogP contribution in [-0.4, -0.2) is 27.3 Å². The molecule has 1 unspecified atom stereocenters. The molecule has 5 nitrogen and oxygen atoms in total. The molecule has 1 amide bonds. The van der Waals surface area contributed by atoms with E-state index in [1.54, 1.807) is 18.6 Å². The number of nitrogens with two attached hydrogens (primary N) is 1. The molecule has 0 aliphatic carbocycles. The molecule has 5 heteroatoms. The smallest absolute Gasteiger partial charge is 0.244 e. The summed E-state index contributed by atoms with van der Waals surface area (Å²) in [7, 11) is 0. The number of nitrogens with zero attached hydrogens (tertiary/aromatic N) is 3. The van der Waals surface area contributed by atoms with Gasteiger partial charge in [0.15, 0.2) is 0 Å². The second-order valence-electron chi connectivity index (χ2n) is 6.27. The molecule has 1 atom stereocenters.